The number of hydrogen-bond acceptors (Lipinski definition) is 7. The first kappa shape index (κ1) is 18.2. The number of methoxy groups -OCH3 is 2. The van der Waals surface area contributed by atoms with Crippen molar-refractivity contribution in [1.29, 1.82) is 5.41 Å². The van der Waals surface area contributed by atoms with Crippen LogP contribution < -0.4 is 20.5 Å². The lowest BCUT2D eigenvalue weighted by Gasteiger charge is -2.11. The predicted molar refractivity (Wildman–Crippen MR) is 106 cm³/mol. The van der Waals surface area contributed by atoms with Crippen LogP contribution in [0.2, 0.25) is 0 Å². The molecule has 1 aromatic heterocycles. The zero-order chi connectivity index (χ0) is 18.8. The molecule has 2 aromatic rings. The molecule has 0 spiro atoms. The maximum absolute atomic E-state index is 8.27. The molecule has 0 aliphatic carbocycles. The smallest absolute Gasteiger partial charge is 0.185 e. The molecule has 7 nitrogen and oxygen atoms in total. The predicted octanol–water partition coefficient (Wildman–Crippen LogP) is 3.38. The van der Waals surface area contributed by atoms with Crippen molar-refractivity contribution in [3.63, 3.8) is 0 Å². The second-order valence-electron chi connectivity index (χ2n) is 6.16. The van der Waals surface area contributed by atoms with Crippen LogP contribution in [0.15, 0.2) is 17.1 Å². The number of nitrogens with two attached hydrogens (primary N) is 1. The van der Waals surface area contributed by atoms with Gasteiger partial charge in [-0.15, -0.1) is 0 Å². The van der Waals surface area contributed by atoms with Crippen molar-refractivity contribution < 1.29 is 9.47 Å². The zero-order valence-electron chi connectivity index (χ0n) is 15.3. The number of aromatic nitrogens is 1. The van der Waals surface area contributed by atoms with Gasteiger partial charge >= 0.3 is 0 Å². The number of thiazole rings is 1. The second kappa shape index (κ2) is 7.33. The fraction of sp³-hybridized carbons (Fsp3) is 0.389. The molecular weight excluding hydrogens is 350 g/mol. The second-order valence-corrected chi connectivity index (χ2v) is 7.16. The molecule has 2 heterocycles. The van der Waals surface area contributed by atoms with E-state index >= 15 is 0 Å². The number of nitrogens with zero attached hydrogens (tertiary/aromatic N) is 2. The van der Waals surface area contributed by atoms with Gasteiger partial charge in [-0.1, -0.05) is 31.6 Å². The highest BCUT2D eigenvalue weighted by Crippen LogP contribution is 2.40. The van der Waals surface area contributed by atoms with Crippen LogP contribution in [0.5, 0.6) is 11.5 Å². The van der Waals surface area contributed by atoms with E-state index in [1.54, 1.807) is 20.3 Å². The minimum absolute atomic E-state index is 0.132. The topological polar surface area (TPSA) is 106 Å². The van der Waals surface area contributed by atoms with Gasteiger partial charge in [-0.3, -0.25) is 5.41 Å². The number of fused-ring (bicyclic) bond motifs is 1. The molecule has 8 heteroatoms. The van der Waals surface area contributed by atoms with Crippen LogP contribution >= 0.6 is 11.3 Å². The van der Waals surface area contributed by atoms with E-state index < -0.39 is 0 Å². The van der Waals surface area contributed by atoms with E-state index in [1.165, 1.54) is 11.3 Å². The van der Waals surface area contributed by atoms with Crippen LogP contribution in [0.3, 0.4) is 0 Å². The van der Waals surface area contributed by atoms with Gasteiger partial charge in [0.25, 0.3) is 0 Å². The fourth-order valence-electron chi connectivity index (χ4n) is 2.75. The highest BCUT2D eigenvalue weighted by molar-refractivity contribution is 7.18. The molecule has 0 bridgehead atoms. The molecule has 0 radical (unpaired) electrons. The first-order chi connectivity index (χ1) is 12.5. The summed E-state index contributed by atoms with van der Waals surface area (Å²) < 4.78 is 10.9. The van der Waals surface area contributed by atoms with Gasteiger partial charge in [-0.2, -0.15) is 0 Å². The average molecular weight is 373 g/mol. The summed E-state index contributed by atoms with van der Waals surface area (Å²) in [7, 11) is 3.17. The lowest BCUT2D eigenvalue weighted by atomic mass is 10.0. The van der Waals surface area contributed by atoms with E-state index in [0.717, 1.165) is 28.5 Å². The van der Waals surface area contributed by atoms with Crippen molar-refractivity contribution >= 4 is 33.8 Å². The molecule has 0 fully saturated rings. The van der Waals surface area contributed by atoms with Crippen LogP contribution in [0.1, 0.15) is 36.3 Å². The summed E-state index contributed by atoms with van der Waals surface area (Å²) >= 11 is 1.44. The zero-order valence-corrected chi connectivity index (χ0v) is 16.2. The van der Waals surface area contributed by atoms with Gasteiger partial charge in [0.05, 0.1) is 35.9 Å². The molecule has 0 amide bonds. The van der Waals surface area contributed by atoms with E-state index in [1.807, 2.05) is 6.07 Å². The van der Waals surface area contributed by atoms with E-state index in [0.29, 0.717) is 34.5 Å². The maximum Gasteiger partial charge on any atom is 0.185 e. The first-order valence-corrected chi connectivity index (χ1v) is 9.25. The van der Waals surface area contributed by atoms with Crippen molar-refractivity contribution in [1.82, 2.24) is 4.98 Å². The Balaban J connectivity index is 2.02. The van der Waals surface area contributed by atoms with Gasteiger partial charge < -0.3 is 20.5 Å². The summed E-state index contributed by atoms with van der Waals surface area (Å²) in [4.78, 5) is 9.58. The monoisotopic (exact) mass is 373 g/mol. The molecule has 3 rings (SSSR count). The quantitative estimate of drug-likeness (QED) is 0.690. The Bertz CT molecular complexity index is 875. The molecule has 4 N–H and O–H groups in total. The summed E-state index contributed by atoms with van der Waals surface area (Å²) in [6.07, 6.45) is 1.09. The minimum atomic E-state index is 0.132. The average Bonchev–Trinajstić information content (AvgIpc) is 3.19. The van der Waals surface area contributed by atoms with E-state index in [9.17, 15) is 0 Å². The van der Waals surface area contributed by atoms with Crippen molar-refractivity contribution in [2.75, 3.05) is 31.8 Å². The minimum Gasteiger partial charge on any atom is -0.496 e. The summed E-state index contributed by atoms with van der Waals surface area (Å²) in [5, 5.41) is 12.4. The number of aliphatic imine (C=N–C) groups is 1. The molecule has 26 heavy (non-hydrogen) atoms. The Morgan fingerprint density at radius 3 is 2.50 bits per heavy atom. The first-order valence-electron chi connectivity index (χ1n) is 8.43. The normalized spacial score (nSPS) is 14.0. The fourth-order valence-corrected chi connectivity index (χ4v) is 3.63. The largest absolute Gasteiger partial charge is 0.496 e. The third-order valence-corrected chi connectivity index (χ3v) is 5.47. The van der Waals surface area contributed by atoms with Gasteiger partial charge in [0, 0.05) is 6.54 Å². The summed E-state index contributed by atoms with van der Waals surface area (Å²) in [6.45, 7) is 5.17. The van der Waals surface area contributed by atoms with Crippen molar-refractivity contribution in [3.8, 4) is 11.5 Å². The van der Waals surface area contributed by atoms with Crippen LogP contribution in [0.4, 0.5) is 10.9 Å². The standard InChI is InChI=1S/C18H23N5O2S/c1-5-9(2)8-21-18-23-17(20)15(26-18)14-12-10(24-3)6-7-11(25-4)13(12)16(19)22-14/h6-7,9,19H,5,8,20H2,1-4H3,(H,21,23). The molecule has 138 valence electrons. The number of amidine groups is 1. The van der Waals surface area contributed by atoms with Crippen LogP contribution in [-0.4, -0.2) is 37.3 Å². The van der Waals surface area contributed by atoms with Gasteiger partial charge in [0.2, 0.25) is 0 Å². The summed E-state index contributed by atoms with van der Waals surface area (Å²) in [5.74, 6) is 2.29. The SMILES string of the molecule is CCC(C)CNc1nc(N)c(C2=NC(=N)c3c(OC)ccc(OC)c32)s1. The van der Waals surface area contributed by atoms with E-state index in [2.05, 4.69) is 29.1 Å². The van der Waals surface area contributed by atoms with Gasteiger partial charge in [-0.05, 0) is 18.1 Å². The Hall–Kier alpha value is -2.61. The van der Waals surface area contributed by atoms with E-state index in [-0.39, 0.29) is 5.84 Å². The van der Waals surface area contributed by atoms with Gasteiger partial charge in [-0.25, -0.2) is 9.98 Å². The Labute approximate surface area is 156 Å². The molecule has 1 unspecified atom stereocenters. The van der Waals surface area contributed by atoms with Crippen LogP contribution in [-0.2, 0) is 0 Å². The highest BCUT2D eigenvalue weighted by Gasteiger charge is 2.31. The number of ether oxygens (including phenoxy) is 2. The lowest BCUT2D eigenvalue weighted by Crippen LogP contribution is -2.09. The molecule has 1 aromatic carbocycles. The molecule has 1 aliphatic heterocycles. The number of nitrogen functional groups attached to an aromatic ring is 1. The number of hydrogen-bond donors (Lipinski definition) is 3. The highest BCUT2D eigenvalue weighted by atomic mass is 32.1. The van der Waals surface area contributed by atoms with Crippen molar-refractivity contribution in [2.24, 2.45) is 10.9 Å². The van der Waals surface area contributed by atoms with Crippen molar-refractivity contribution in [2.45, 2.75) is 20.3 Å². The van der Waals surface area contributed by atoms with Gasteiger partial charge in [0.1, 0.15) is 17.3 Å². The van der Waals surface area contributed by atoms with E-state index in [4.69, 9.17) is 20.6 Å². The maximum atomic E-state index is 8.27. The number of nitrogens with one attached hydrogen (secondary N) is 2. The van der Waals surface area contributed by atoms with Crippen molar-refractivity contribution in [3.05, 3.63) is 28.1 Å². The Morgan fingerprint density at radius 2 is 1.88 bits per heavy atom. The Kier molecular flexibility index (Phi) is 5.13. The number of benzene rings is 1. The number of anilines is 2. The third kappa shape index (κ3) is 3.12. The number of rotatable bonds is 7. The molecule has 0 saturated heterocycles. The molecule has 1 aliphatic rings. The summed E-state index contributed by atoms with van der Waals surface area (Å²) in [5.41, 5.74) is 8.10. The Morgan fingerprint density at radius 1 is 1.23 bits per heavy atom. The van der Waals surface area contributed by atoms with Crippen LogP contribution in [0.25, 0.3) is 0 Å². The van der Waals surface area contributed by atoms with Gasteiger partial charge in [0.15, 0.2) is 11.0 Å². The summed E-state index contributed by atoms with van der Waals surface area (Å²) in [6, 6.07) is 3.59. The van der Waals surface area contributed by atoms with Crippen LogP contribution in [0, 0.1) is 11.3 Å². The third-order valence-electron chi connectivity index (χ3n) is 4.43. The molecule has 1 atom stereocenters. The molecule has 0 saturated carbocycles. The molecular formula is C18H23N5O2S. The lowest BCUT2D eigenvalue weighted by molar-refractivity contribution is 0.402.